The predicted octanol–water partition coefficient (Wildman–Crippen LogP) is -0.0826. The molecule has 0 atom stereocenters. The van der Waals surface area contributed by atoms with Gasteiger partial charge in [0.05, 0.1) is 0 Å². The van der Waals surface area contributed by atoms with E-state index < -0.39 is 0 Å². The molecule has 8 heteroatoms. The van der Waals surface area contributed by atoms with Crippen molar-refractivity contribution in [2.75, 3.05) is 49.8 Å². The van der Waals surface area contributed by atoms with E-state index in [1.165, 1.54) is 0 Å². The molecule has 1 aromatic rings. The van der Waals surface area contributed by atoms with Gasteiger partial charge in [0, 0.05) is 40.7 Å². The Hall–Kier alpha value is -2.12. The van der Waals surface area contributed by atoms with Crippen LogP contribution in [0.25, 0.3) is 0 Å². The minimum atomic E-state index is 0.00530. The lowest BCUT2D eigenvalue weighted by Crippen LogP contribution is -2.25. The van der Waals surface area contributed by atoms with E-state index in [9.17, 15) is 4.79 Å². The molecule has 3 N–H and O–H groups in total. The fourth-order valence-corrected chi connectivity index (χ4v) is 1.33. The molecule has 0 bridgehead atoms. The van der Waals surface area contributed by atoms with Gasteiger partial charge in [-0.2, -0.15) is 15.0 Å². The van der Waals surface area contributed by atoms with Gasteiger partial charge in [0.2, 0.25) is 23.8 Å². The zero-order valence-electron chi connectivity index (χ0n) is 11.8. The summed E-state index contributed by atoms with van der Waals surface area (Å²) in [5.74, 6) is 1.50. The Labute approximate surface area is 113 Å². The molecule has 0 saturated heterocycles. The maximum absolute atomic E-state index is 11.3. The fourth-order valence-electron chi connectivity index (χ4n) is 1.33. The number of aromatic nitrogens is 3. The summed E-state index contributed by atoms with van der Waals surface area (Å²) in [6, 6.07) is 0. The van der Waals surface area contributed by atoms with Crippen molar-refractivity contribution in [2.24, 2.45) is 0 Å². The number of nitrogens with one attached hydrogen (secondary N) is 3. The van der Waals surface area contributed by atoms with Gasteiger partial charge in [0.15, 0.2) is 0 Å². The van der Waals surface area contributed by atoms with E-state index in [1.54, 1.807) is 11.9 Å². The minimum absolute atomic E-state index is 0.00530. The van der Waals surface area contributed by atoms with Gasteiger partial charge in [0.25, 0.3) is 0 Å². The van der Waals surface area contributed by atoms with Gasteiger partial charge in [-0.25, -0.2) is 0 Å². The molecule has 0 aromatic carbocycles. The first-order valence-electron chi connectivity index (χ1n) is 6.18. The molecule has 0 aliphatic heterocycles. The van der Waals surface area contributed by atoms with Crippen molar-refractivity contribution in [3.8, 4) is 0 Å². The summed E-state index contributed by atoms with van der Waals surface area (Å²) in [7, 11) is 5.45. The molecule has 1 rings (SSSR count). The Balaban J connectivity index is 2.62. The Bertz CT molecular complexity index is 422. The molecule has 0 aliphatic rings. The third-order valence-electron chi connectivity index (χ3n) is 2.26. The molecule has 0 radical (unpaired) electrons. The van der Waals surface area contributed by atoms with Crippen molar-refractivity contribution in [3.05, 3.63) is 0 Å². The monoisotopic (exact) mass is 267 g/mol. The zero-order chi connectivity index (χ0) is 14.3. The normalized spacial score (nSPS) is 9.89. The lowest BCUT2D eigenvalue weighted by Gasteiger charge is -2.13. The molecule has 19 heavy (non-hydrogen) atoms. The van der Waals surface area contributed by atoms with E-state index in [1.807, 2.05) is 21.0 Å². The SMILES string of the molecule is CCNC(=O)CCNc1nc(NC)nc(N(C)C)n1. The Morgan fingerprint density at radius 3 is 2.47 bits per heavy atom. The van der Waals surface area contributed by atoms with Crippen molar-refractivity contribution in [1.82, 2.24) is 20.3 Å². The molecule has 1 aromatic heterocycles. The fraction of sp³-hybridized carbons (Fsp3) is 0.636. The van der Waals surface area contributed by atoms with Crippen LogP contribution < -0.4 is 20.9 Å². The molecular formula is C11H21N7O. The van der Waals surface area contributed by atoms with Crippen molar-refractivity contribution < 1.29 is 4.79 Å². The van der Waals surface area contributed by atoms with Crippen LogP contribution >= 0.6 is 0 Å². The van der Waals surface area contributed by atoms with Crippen molar-refractivity contribution in [2.45, 2.75) is 13.3 Å². The molecule has 106 valence electrons. The van der Waals surface area contributed by atoms with Gasteiger partial charge < -0.3 is 20.9 Å². The highest BCUT2D eigenvalue weighted by molar-refractivity contribution is 5.76. The smallest absolute Gasteiger partial charge is 0.231 e. The predicted molar refractivity (Wildman–Crippen MR) is 75.5 cm³/mol. The number of rotatable bonds is 7. The lowest BCUT2D eigenvalue weighted by molar-refractivity contribution is -0.120. The van der Waals surface area contributed by atoms with Crippen LogP contribution in [-0.4, -0.2) is 55.1 Å². The van der Waals surface area contributed by atoms with Crippen molar-refractivity contribution in [3.63, 3.8) is 0 Å². The molecule has 1 amide bonds. The first-order valence-corrected chi connectivity index (χ1v) is 6.18. The van der Waals surface area contributed by atoms with Gasteiger partial charge >= 0.3 is 0 Å². The second-order valence-corrected chi connectivity index (χ2v) is 4.06. The molecule has 0 fully saturated rings. The lowest BCUT2D eigenvalue weighted by atomic mass is 10.4. The van der Waals surface area contributed by atoms with Gasteiger partial charge in [-0.05, 0) is 6.92 Å². The van der Waals surface area contributed by atoms with Crippen LogP contribution in [0.2, 0.25) is 0 Å². The first kappa shape index (κ1) is 14.9. The Kier molecular flexibility index (Phi) is 5.77. The van der Waals surface area contributed by atoms with E-state index >= 15 is 0 Å². The third-order valence-corrected chi connectivity index (χ3v) is 2.26. The first-order chi connectivity index (χ1) is 9.06. The van der Waals surface area contributed by atoms with Crippen LogP contribution in [0, 0.1) is 0 Å². The molecule has 0 spiro atoms. The molecule has 1 heterocycles. The molecule has 0 unspecified atom stereocenters. The summed E-state index contributed by atoms with van der Waals surface area (Å²) in [4.78, 5) is 25.7. The molecule has 0 saturated carbocycles. The summed E-state index contributed by atoms with van der Waals surface area (Å²) >= 11 is 0. The topological polar surface area (TPSA) is 95.1 Å². The van der Waals surface area contributed by atoms with Crippen LogP contribution in [0.3, 0.4) is 0 Å². The van der Waals surface area contributed by atoms with E-state index in [4.69, 9.17) is 0 Å². The van der Waals surface area contributed by atoms with Gasteiger partial charge in [-0.3, -0.25) is 4.79 Å². The number of amides is 1. The quantitative estimate of drug-likeness (QED) is 0.636. The number of anilines is 3. The summed E-state index contributed by atoms with van der Waals surface area (Å²) in [5.41, 5.74) is 0. The number of carbonyl (C=O) groups excluding carboxylic acids is 1. The number of hydrogen-bond acceptors (Lipinski definition) is 7. The Morgan fingerprint density at radius 1 is 1.21 bits per heavy atom. The van der Waals surface area contributed by atoms with Gasteiger partial charge in [0.1, 0.15) is 0 Å². The maximum atomic E-state index is 11.3. The molecular weight excluding hydrogens is 246 g/mol. The van der Waals surface area contributed by atoms with Crippen molar-refractivity contribution in [1.29, 1.82) is 0 Å². The van der Waals surface area contributed by atoms with Crippen LogP contribution in [0.15, 0.2) is 0 Å². The number of carbonyl (C=O) groups is 1. The van der Waals surface area contributed by atoms with Gasteiger partial charge in [-0.15, -0.1) is 0 Å². The van der Waals surface area contributed by atoms with Crippen LogP contribution in [0.1, 0.15) is 13.3 Å². The van der Waals surface area contributed by atoms with E-state index in [2.05, 4.69) is 30.9 Å². The summed E-state index contributed by atoms with van der Waals surface area (Å²) < 4.78 is 0. The summed E-state index contributed by atoms with van der Waals surface area (Å²) in [6.45, 7) is 3.00. The molecule has 8 nitrogen and oxygen atoms in total. The number of nitrogens with zero attached hydrogens (tertiary/aromatic N) is 4. The maximum Gasteiger partial charge on any atom is 0.231 e. The van der Waals surface area contributed by atoms with E-state index in [0.717, 1.165) is 0 Å². The Morgan fingerprint density at radius 2 is 1.89 bits per heavy atom. The summed E-state index contributed by atoms with van der Waals surface area (Å²) in [5, 5.41) is 8.62. The van der Waals surface area contributed by atoms with Crippen LogP contribution in [0.5, 0.6) is 0 Å². The highest BCUT2D eigenvalue weighted by Crippen LogP contribution is 2.10. The standard InChI is InChI=1S/C11H21N7O/c1-5-13-8(19)6-7-14-10-15-9(12-2)16-11(17-10)18(3)4/h5-7H2,1-4H3,(H,13,19)(H2,12,14,15,16,17). The average Bonchev–Trinajstić information content (AvgIpc) is 2.38. The second-order valence-electron chi connectivity index (χ2n) is 4.06. The molecule has 0 aliphatic carbocycles. The van der Waals surface area contributed by atoms with Crippen LogP contribution in [-0.2, 0) is 4.79 Å². The number of hydrogen-bond donors (Lipinski definition) is 3. The third kappa shape index (κ3) is 4.94. The second kappa shape index (κ2) is 7.34. The highest BCUT2D eigenvalue weighted by Gasteiger charge is 2.07. The van der Waals surface area contributed by atoms with E-state index in [-0.39, 0.29) is 5.91 Å². The highest BCUT2D eigenvalue weighted by atomic mass is 16.1. The minimum Gasteiger partial charge on any atom is -0.357 e. The zero-order valence-corrected chi connectivity index (χ0v) is 11.8. The average molecular weight is 267 g/mol. The van der Waals surface area contributed by atoms with Crippen LogP contribution in [0.4, 0.5) is 17.8 Å². The largest absolute Gasteiger partial charge is 0.357 e. The van der Waals surface area contributed by atoms with E-state index in [0.29, 0.717) is 37.4 Å². The summed E-state index contributed by atoms with van der Waals surface area (Å²) in [6.07, 6.45) is 0.381. The van der Waals surface area contributed by atoms with Crippen molar-refractivity contribution >= 4 is 23.8 Å². The van der Waals surface area contributed by atoms with Gasteiger partial charge in [-0.1, -0.05) is 0 Å².